The Morgan fingerprint density at radius 1 is 1.13 bits per heavy atom. The number of rotatable bonds is 3. The second kappa shape index (κ2) is 7.47. The van der Waals surface area contributed by atoms with Crippen LogP contribution in [0.2, 0.25) is 0 Å². The minimum atomic E-state index is 0.611. The Labute approximate surface area is 95.1 Å². The molecule has 0 saturated carbocycles. The molecule has 0 spiro atoms. The Balaban J connectivity index is 0.000000921. The van der Waals surface area contributed by atoms with Gasteiger partial charge in [0.1, 0.15) is 0 Å². The Morgan fingerprint density at radius 3 is 2.13 bits per heavy atom. The van der Waals surface area contributed by atoms with E-state index in [4.69, 9.17) is 0 Å². The van der Waals surface area contributed by atoms with E-state index in [-0.39, 0.29) is 0 Å². The molecule has 0 saturated heterocycles. The van der Waals surface area contributed by atoms with Crippen LogP contribution in [0.15, 0.2) is 24.3 Å². The van der Waals surface area contributed by atoms with Crippen molar-refractivity contribution in [3.05, 3.63) is 35.4 Å². The van der Waals surface area contributed by atoms with Crippen LogP contribution in [0.1, 0.15) is 38.8 Å². The van der Waals surface area contributed by atoms with Crippen LogP contribution in [-0.4, -0.2) is 18.0 Å². The van der Waals surface area contributed by atoms with Gasteiger partial charge in [-0.1, -0.05) is 38.1 Å². The first-order valence-corrected chi connectivity index (χ1v) is 5.86. The predicted molar refractivity (Wildman–Crippen MR) is 69.1 cm³/mol. The summed E-state index contributed by atoms with van der Waals surface area (Å²) in [5.74, 6) is 0. The highest BCUT2D eigenvalue weighted by atomic mass is 15.1. The molecule has 0 atom stereocenters. The van der Waals surface area contributed by atoms with Crippen molar-refractivity contribution in [1.82, 2.24) is 4.90 Å². The lowest BCUT2D eigenvalue weighted by molar-refractivity contribution is 0.265. The maximum atomic E-state index is 2.35. The van der Waals surface area contributed by atoms with Gasteiger partial charge in [0, 0.05) is 12.6 Å². The SMILES string of the molecule is CC.Cc1ccccc1CN(C)C(C)C. The van der Waals surface area contributed by atoms with E-state index in [1.54, 1.807) is 0 Å². The molecule has 0 unspecified atom stereocenters. The van der Waals surface area contributed by atoms with E-state index in [0.717, 1.165) is 6.54 Å². The van der Waals surface area contributed by atoms with Crippen LogP contribution < -0.4 is 0 Å². The van der Waals surface area contributed by atoms with E-state index in [0.29, 0.717) is 6.04 Å². The molecule has 0 N–H and O–H groups in total. The molecule has 0 heterocycles. The average molecular weight is 207 g/mol. The Morgan fingerprint density at radius 2 is 1.67 bits per heavy atom. The van der Waals surface area contributed by atoms with Crippen LogP contribution in [0.25, 0.3) is 0 Å². The second-order valence-electron chi connectivity index (χ2n) is 3.94. The summed E-state index contributed by atoms with van der Waals surface area (Å²) in [4.78, 5) is 2.35. The summed E-state index contributed by atoms with van der Waals surface area (Å²) >= 11 is 0. The summed E-state index contributed by atoms with van der Waals surface area (Å²) in [6.07, 6.45) is 0. The topological polar surface area (TPSA) is 3.24 Å². The van der Waals surface area contributed by atoms with Crippen molar-refractivity contribution >= 4 is 0 Å². The van der Waals surface area contributed by atoms with Gasteiger partial charge in [-0.2, -0.15) is 0 Å². The standard InChI is InChI=1S/C12H19N.C2H6/c1-10(2)13(4)9-12-8-6-5-7-11(12)3;1-2/h5-8,10H,9H2,1-4H3;1-2H3. The smallest absolute Gasteiger partial charge is 0.0236 e. The van der Waals surface area contributed by atoms with Gasteiger partial charge in [-0.25, -0.2) is 0 Å². The average Bonchev–Trinajstić information content (AvgIpc) is 2.24. The number of hydrogen-bond acceptors (Lipinski definition) is 1. The fourth-order valence-corrected chi connectivity index (χ4v) is 1.24. The van der Waals surface area contributed by atoms with Gasteiger partial charge in [0.15, 0.2) is 0 Å². The van der Waals surface area contributed by atoms with Gasteiger partial charge in [-0.3, -0.25) is 4.90 Å². The summed E-state index contributed by atoms with van der Waals surface area (Å²) in [7, 11) is 2.16. The first kappa shape index (κ1) is 14.2. The molecule has 1 aromatic carbocycles. The van der Waals surface area contributed by atoms with Crippen molar-refractivity contribution < 1.29 is 0 Å². The van der Waals surface area contributed by atoms with Crippen LogP contribution in [0.4, 0.5) is 0 Å². The van der Waals surface area contributed by atoms with Crippen LogP contribution >= 0.6 is 0 Å². The highest BCUT2D eigenvalue weighted by Crippen LogP contribution is 2.10. The van der Waals surface area contributed by atoms with Crippen LogP contribution in [-0.2, 0) is 6.54 Å². The van der Waals surface area contributed by atoms with Gasteiger partial charge in [-0.15, -0.1) is 0 Å². The number of benzene rings is 1. The molecule has 1 rings (SSSR count). The molecule has 0 aliphatic rings. The normalized spacial score (nSPS) is 10.1. The van der Waals surface area contributed by atoms with E-state index >= 15 is 0 Å². The lowest BCUT2D eigenvalue weighted by Crippen LogP contribution is -2.25. The fraction of sp³-hybridized carbons (Fsp3) is 0.571. The first-order chi connectivity index (χ1) is 7.11. The monoisotopic (exact) mass is 207 g/mol. The molecular formula is C14H25N. The van der Waals surface area contributed by atoms with Crippen molar-refractivity contribution in [1.29, 1.82) is 0 Å². The highest BCUT2D eigenvalue weighted by Gasteiger charge is 2.04. The van der Waals surface area contributed by atoms with Crippen molar-refractivity contribution in [2.24, 2.45) is 0 Å². The van der Waals surface area contributed by atoms with Gasteiger partial charge in [-0.05, 0) is 38.9 Å². The zero-order chi connectivity index (χ0) is 11.8. The summed E-state index contributed by atoms with van der Waals surface area (Å²) in [5.41, 5.74) is 2.81. The molecule has 0 aliphatic carbocycles. The predicted octanol–water partition coefficient (Wildman–Crippen LogP) is 3.86. The maximum Gasteiger partial charge on any atom is 0.0236 e. The molecule has 0 fully saturated rings. The van der Waals surface area contributed by atoms with Gasteiger partial charge in [0.2, 0.25) is 0 Å². The Bertz CT molecular complexity index is 266. The molecule has 0 aliphatic heterocycles. The zero-order valence-electron chi connectivity index (χ0n) is 11.0. The van der Waals surface area contributed by atoms with E-state index in [1.165, 1.54) is 11.1 Å². The van der Waals surface area contributed by atoms with Crippen molar-refractivity contribution in [3.63, 3.8) is 0 Å². The van der Waals surface area contributed by atoms with Gasteiger partial charge < -0.3 is 0 Å². The summed E-state index contributed by atoms with van der Waals surface area (Å²) < 4.78 is 0. The number of nitrogens with zero attached hydrogens (tertiary/aromatic N) is 1. The second-order valence-corrected chi connectivity index (χ2v) is 3.94. The first-order valence-electron chi connectivity index (χ1n) is 5.86. The maximum absolute atomic E-state index is 2.35. The minimum Gasteiger partial charge on any atom is -0.300 e. The minimum absolute atomic E-state index is 0.611. The molecule has 0 radical (unpaired) electrons. The molecule has 0 aromatic heterocycles. The summed E-state index contributed by atoms with van der Waals surface area (Å²) in [6.45, 7) is 11.7. The van der Waals surface area contributed by atoms with Crippen LogP contribution in [0, 0.1) is 6.92 Å². The lowest BCUT2D eigenvalue weighted by atomic mass is 10.1. The van der Waals surface area contributed by atoms with E-state index < -0.39 is 0 Å². The van der Waals surface area contributed by atoms with Crippen LogP contribution in [0.5, 0.6) is 0 Å². The fourth-order valence-electron chi connectivity index (χ4n) is 1.24. The molecule has 0 amide bonds. The van der Waals surface area contributed by atoms with E-state index in [9.17, 15) is 0 Å². The summed E-state index contributed by atoms with van der Waals surface area (Å²) in [5, 5.41) is 0. The van der Waals surface area contributed by atoms with Crippen molar-refractivity contribution in [3.8, 4) is 0 Å². The van der Waals surface area contributed by atoms with Crippen molar-refractivity contribution in [2.75, 3.05) is 7.05 Å². The third kappa shape index (κ3) is 4.98. The molecule has 1 aromatic rings. The molecular weight excluding hydrogens is 182 g/mol. The molecule has 1 nitrogen and oxygen atoms in total. The summed E-state index contributed by atoms with van der Waals surface area (Å²) in [6, 6.07) is 9.18. The molecule has 15 heavy (non-hydrogen) atoms. The zero-order valence-corrected chi connectivity index (χ0v) is 11.0. The molecule has 0 bridgehead atoms. The largest absolute Gasteiger partial charge is 0.300 e. The number of hydrogen-bond donors (Lipinski definition) is 0. The van der Waals surface area contributed by atoms with Crippen LogP contribution in [0.3, 0.4) is 0 Å². The van der Waals surface area contributed by atoms with Gasteiger partial charge >= 0.3 is 0 Å². The Kier molecular flexibility index (Phi) is 7.06. The highest BCUT2D eigenvalue weighted by molar-refractivity contribution is 5.25. The van der Waals surface area contributed by atoms with E-state index in [1.807, 2.05) is 13.8 Å². The number of aryl methyl sites for hydroxylation is 1. The van der Waals surface area contributed by atoms with Crippen molar-refractivity contribution in [2.45, 2.75) is 47.2 Å². The quantitative estimate of drug-likeness (QED) is 0.727. The van der Waals surface area contributed by atoms with E-state index in [2.05, 4.69) is 57.0 Å². The lowest BCUT2D eigenvalue weighted by Gasteiger charge is -2.21. The third-order valence-electron chi connectivity index (χ3n) is 2.56. The third-order valence-corrected chi connectivity index (χ3v) is 2.56. The Hall–Kier alpha value is -0.820. The molecule has 1 heteroatoms. The molecule has 86 valence electrons. The van der Waals surface area contributed by atoms with Gasteiger partial charge in [0.05, 0.1) is 0 Å². The van der Waals surface area contributed by atoms with Gasteiger partial charge in [0.25, 0.3) is 0 Å².